The molecule has 1 unspecified atom stereocenters. The number of carboxylic acids is 1. The Balaban J connectivity index is 3.24. The number of hydrogen-bond acceptors (Lipinski definition) is 4. The number of aromatic hydroxyl groups is 1. The molecular formula is C10H11Br2NO4. The van der Waals surface area contributed by atoms with E-state index in [1.807, 2.05) is 0 Å². The van der Waals surface area contributed by atoms with E-state index in [0.29, 0.717) is 14.5 Å². The van der Waals surface area contributed by atoms with Crippen LogP contribution in [-0.4, -0.2) is 23.3 Å². The Kier molecular flexibility index (Phi) is 4.79. The number of halogens is 2. The Morgan fingerprint density at radius 1 is 1.53 bits per heavy atom. The van der Waals surface area contributed by atoms with Gasteiger partial charge in [-0.1, -0.05) is 0 Å². The number of aliphatic carboxylic acids is 1. The van der Waals surface area contributed by atoms with E-state index in [-0.39, 0.29) is 17.9 Å². The molecule has 17 heavy (non-hydrogen) atoms. The van der Waals surface area contributed by atoms with Crippen molar-refractivity contribution in [3.8, 4) is 11.5 Å². The Bertz CT molecular complexity index is 450. The van der Waals surface area contributed by atoms with Crippen LogP contribution in [0.1, 0.15) is 18.0 Å². The van der Waals surface area contributed by atoms with Crippen molar-refractivity contribution < 1.29 is 19.7 Å². The summed E-state index contributed by atoms with van der Waals surface area (Å²) in [5.74, 6) is -0.825. The third kappa shape index (κ3) is 3.11. The molecular weight excluding hydrogens is 358 g/mol. The first kappa shape index (κ1) is 14.3. The lowest BCUT2D eigenvalue weighted by Gasteiger charge is -2.16. The predicted molar refractivity (Wildman–Crippen MR) is 69.2 cm³/mol. The Labute approximate surface area is 115 Å². The van der Waals surface area contributed by atoms with Crippen molar-refractivity contribution in [1.29, 1.82) is 0 Å². The normalized spacial score (nSPS) is 12.2. The van der Waals surface area contributed by atoms with Crippen LogP contribution in [0, 0.1) is 0 Å². The highest BCUT2D eigenvalue weighted by molar-refractivity contribution is 9.13. The van der Waals surface area contributed by atoms with E-state index in [4.69, 9.17) is 15.6 Å². The van der Waals surface area contributed by atoms with Gasteiger partial charge in [-0.05, 0) is 43.5 Å². The summed E-state index contributed by atoms with van der Waals surface area (Å²) in [5, 5.41) is 18.4. The number of phenols is 1. The molecule has 0 fully saturated rings. The third-order valence-electron chi connectivity index (χ3n) is 2.19. The maximum Gasteiger partial charge on any atom is 0.305 e. The molecule has 4 N–H and O–H groups in total. The molecule has 0 aliphatic carbocycles. The van der Waals surface area contributed by atoms with Crippen molar-refractivity contribution in [2.45, 2.75) is 12.5 Å². The van der Waals surface area contributed by atoms with E-state index in [0.717, 1.165) is 0 Å². The minimum atomic E-state index is -0.993. The standard InChI is InChI=1S/C10H11Br2NO4/c1-17-6-2-4(5(13)3-7(14)15)8(11)9(12)10(6)16/h2,5,16H,3,13H2,1H3,(H,14,15). The summed E-state index contributed by atoms with van der Waals surface area (Å²) in [6.07, 6.45) is -0.209. The fraction of sp³-hybridized carbons (Fsp3) is 0.300. The summed E-state index contributed by atoms with van der Waals surface area (Å²) in [7, 11) is 1.40. The number of carbonyl (C=O) groups is 1. The van der Waals surface area contributed by atoms with Gasteiger partial charge in [0.2, 0.25) is 0 Å². The molecule has 0 bridgehead atoms. The molecule has 0 saturated carbocycles. The van der Waals surface area contributed by atoms with E-state index in [1.165, 1.54) is 13.2 Å². The fourth-order valence-electron chi connectivity index (χ4n) is 1.34. The lowest BCUT2D eigenvalue weighted by Crippen LogP contribution is -2.15. The van der Waals surface area contributed by atoms with Crippen LogP contribution in [0.25, 0.3) is 0 Å². The van der Waals surface area contributed by atoms with Gasteiger partial charge in [0.05, 0.1) is 18.0 Å². The van der Waals surface area contributed by atoms with Crippen molar-refractivity contribution in [1.82, 2.24) is 0 Å². The number of nitrogens with two attached hydrogens (primary N) is 1. The van der Waals surface area contributed by atoms with Gasteiger partial charge in [-0.2, -0.15) is 0 Å². The zero-order valence-corrected chi connectivity index (χ0v) is 12.1. The van der Waals surface area contributed by atoms with Gasteiger partial charge in [0.15, 0.2) is 11.5 Å². The topological polar surface area (TPSA) is 92.8 Å². The Morgan fingerprint density at radius 2 is 2.12 bits per heavy atom. The maximum atomic E-state index is 10.6. The van der Waals surface area contributed by atoms with Crippen molar-refractivity contribution in [2.75, 3.05) is 7.11 Å². The van der Waals surface area contributed by atoms with Crippen LogP contribution in [0.2, 0.25) is 0 Å². The molecule has 1 aromatic carbocycles. The lowest BCUT2D eigenvalue weighted by molar-refractivity contribution is -0.137. The predicted octanol–water partition coefficient (Wildman–Crippen LogP) is 2.40. The first-order valence-electron chi connectivity index (χ1n) is 4.60. The minimum Gasteiger partial charge on any atom is -0.503 e. The second-order valence-corrected chi connectivity index (χ2v) is 4.93. The number of phenolic OH excluding ortho intramolecular Hbond substituents is 1. The van der Waals surface area contributed by atoms with Gasteiger partial charge in [0.25, 0.3) is 0 Å². The molecule has 0 aromatic heterocycles. The molecule has 7 heteroatoms. The third-order valence-corrected chi connectivity index (χ3v) is 4.35. The molecule has 0 aliphatic rings. The molecule has 0 aliphatic heterocycles. The second-order valence-electron chi connectivity index (χ2n) is 3.35. The maximum absolute atomic E-state index is 10.6. The van der Waals surface area contributed by atoms with Crippen molar-refractivity contribution in [2.24, 2.45) is 5.73 Å². The first-order chi connectivity index (χ1) is 7.88. The Morgan fingerprint density at radius 3 is 2.59 bits per heavy atom. The van der Waals surface area contributed by atoms with Crippen LogP contribution in [0.5, 0.6) is 11.5 Å². The molecule has 0 heterocycles. The largest absolute Gasteiger partial charge is 0.503 e. The minimum absolute atomic E-state index is 0.0642. The highest BCUT2D eigenvalue weighted by atomic mass is 79.9. The molecule has 0 amide bonds. The van der Waals surface area contributed by atoms with Crippen LogP contribution < -0.4 is 10.5 Å². The van der Waals surface area contributed by atoms with E-state index in [9.17, 15) is 9.90 Å². The van der Waals surface area contributed by atoms with E-state index >= 15 is 0 Å². The highest BCUT2D eigenvalue weighted by Gasteiger charge is 2.20. The van der Waals surface area contributed by atoms with Crippen LogP contribution in [0.15, 0.2) is 15.0 Å². The molecule has 1 atom stereocenters. The van der Waals surface area contributed by atoms with Crippen LogP contribution in [0.3, 0.4) is 0 Å². The molecule has 1 rings (SSSR count). The summed E-state index contributed by atoms with van der Waals surface area (Å²) < 4.78 is 5.87. The monoisotopic (exact) mass is 367 g/mol. The van der Waals surface area contributed by atoms with Crippen LogP contribution in [0.4, 0.5) is 0 Å². The first-order valence-corrected chi connectivity index (χ1v) is 6.19. The zero-order valence-electron chi connectivity index (χ0n) is 8.91. The van der Waals surface area contributed by atoms with E-state index in [2.05, 4.69) is 31.9 Å². The lowest BCUT2D eigenvalue weighted by atomic mass is 10.0. The summed E-state index contributed by atoms with van der Waals surface area (Å²) in [6, 6.07) is 0.824. The van der Waals surface area contributed by atoms with Crippen molar-refractivity contribution >= 4 is 37.8 Å². The van der Waals surface area contributed by atoms with Crippen LogP contribution >= 0.6 is 31.9 Å². The summed E-state index contributed by atoms with van der Waals surface area (Å²) in [6.45, 7) is 0. The van der Waals surface area contributed by atoms with E-state index < -0.39 is 12.0 Å². The summed E-state index contributed by atoms with van der Waals surface area (Å²) in [4.78, 5) is 10.6. The van der Waals surface area contributed by atoms with Crippen molar-refractivity contribution in [3.05, 3.63) is 20.6 Å². The van der Waals surface area contributed by atoms with Gasteiger partial charge in [-0.3, -0.25) is 4.79 Å². The number of hydrogen-bond donors (Lipinski definition) is 3. The average molecular weight is 369 g/mol. The van der Waals surface area contributed by atoms with Gasteiger partial charge in [0.1, 0.15) is 0 Å². The van der Waals surface area contributed by atoms with E-state index in [1.54, 1.807) is 0 Å². The number of methoxy groups -OCH3 is 1. The van der Waals surface area contributed by atoms with Gasteiger partial charge < -0.3 is 20.7 Å². The Hall–Kier alpha value is -0.790. The molecule has 94 valence electrons. The summed E-state index contributed by atoms with van der Waals surface area (Å²) in [5.41, 5.74) is 6.32. The van der Waals surface area contributed by atoms with Gasteiger partial charge in [0, 0.05) is 10.5 Å². The smallest absolute Gasteiger partial charge is 0.305 e. The number of rotatable bonds is 4. The highest BCUT2D eigenvalue weighted by Crippen LogP contribution is 2.43. The molecule has 0 spiro atoms. The molecule has 5 nitrogen and oxygen atoms in total. The van der Waals surface area contributed by atoms with Gasteiger partial charge in [-0.25, -0.2) is 0 Å². The number of carboxylic acid groups (broad SMARTS) is 1. The van der Waals surface area contributed by atoms with Crippen LogP contribution in [-0.2, 0) is 4.79 Å². The molecule has 0 radical (unpaired) electrons. The van der Waals surface area contributed by atoms with Gasteiger partial charge in [-0.15, -0.1) is 0 Å². The van der Waals surface area contributed by atoms with Gasteiger partial charge >= 0.3 is 5.97 Å². The summed E-state index contributed by atoms with van der Waals surface area (Å²) >= 11 is 6.43. The number of ether oxygens (including phenoxy) is 1. The van der Waals surface area contributed by atoms with Crippen molar-refractivity contribution in [3.63, 3.8) is 0 Å². The molecule has 0 saturated heterocycles. The second kappa shape index (κ2) is 5.70. The SMILES string of the molecule is COc1cc(C(N)CC(=O)O)c(Br)c(Br)c1O. The fourth-order valence-corrected chi connectivity index (χ4v) is 2.36. The average Bonchev–Trinajstić information content (AvgIpc) is 2.25. The quantitative estimate of drug-likeness (QED) is 0.758. The number of benzene rings is 1. The zero-order chi connectivity index (χ0) is 13.2. The molecule has 1 aromatic rings.